The van der Waals surface area contributed by atoms with E-state index >= 15 is 0 Å². The summed E-state index contributed by atoms with van der Waals surface area (Å²) in [5.74, 6) is -2.00. The lowest BCUT2D eigenvalue weighted by Gasteiger charge is -2.11. The number of anilines is 1. The van der Waals surface area contributed by atoms with E-state index in [-0.39, 0.29) is 29.1 Å². The van der Waals surface area contributed by atoms with E-state index in [9.17, 15) is 14.4 Å². The molecule has 2 aromatic rings. The zero-order chi connectivity index (χ0) is 16.1. The van der Waals surface area contributed by atoms with Crippen LogP contribution in [-0.2, 0) is 4.79 Å². The molecule has 4 N–H and O–H groups in total. The molecule has 2 aromatic carbocycles. The minimum atomic E-state index is -1.15. The minimum Gasteiger partial charge on any atom is -0.478 e. The molecule has 0 aliphatic carbocycles. The molecule has 112 valence electrons. The number of hydrogen-bond donors (Lipinski definition) is 3. The molecule has 6 nitrogen and oxygen atoms in total. The Bertz CT molecular complexity index is 726. The van der Waals surface area contributed by atoms with Gasteiger partial charge in [-0.1, -0.05) is 30.3 Å². The van der Waals surface area contributed by atoms with Gasteiger partial charge in [0.25, 0.3) is 0 Å². The number of carbonyl (C=O) groups is 3. The van der Waals surface area contributed by atoms with Crippen molar-refractivity contribution in [1.82, 2.24) is 0 Å². The third-order valence-corrected chi connectivity index (χ3v) is 3.01. The molecule has 0 atom stereocenters. The van der Waals surface area contributed by atoms with Gasteiger partial charge in [-0.25, -0.2) is 4.79 Å². The number of carbonyl (C=O) groups excluding carboxylic acids is 2. The Kier molecular flexibility index (Phi) is 4.65. The van der Waals surface area contributed by atoms with Crippen molar-refractivity contribution in [3.63, 3.8) is 0 Å². The quantitative estimate of drug-likeness (QED) is 0.725. The summed E-state index contributed by atoms with van der Waals surface area (Å²) in [5, 5.41) is 11.6. The summed E-state index contributed by atoms with van der Waals surface area (Å²) in [7, 11) is 0. The fourth-order valence-electron chi connectivity index (χ4n) is 1.92. The van der Waals surface area contributed by atoms with Crippen molar-refractivity contribution in [1.29, 1.82) is 0 Å². The van der Waals surface area contributed by atoms with Gasteiger partial charge in [-0.05, 0) is 18.2 Å². The van der Waals surface area contributed by atoms with Gasteiger partial charge in [-0.3, -0.25) is 9.59 Å². The number of aromatic carboxylic acids is 1. The molecule has 0 heterocycles. The zero-order valence-electron chi connectivity index (χ0n) is 11.6. The fraction of sp³-hybridized carbons (Fsp3) is 0.0625. The van der Waals surface area contributed by atoms with Crippen LogP contribution in [0.3, 0.4) is 0 Å². The average molecular weight is 298 g/mol. The van der Waals surface area contributed by atoms with E-state index in [4.69, 9.17) is 10.8 Å². The van der Waals surface area contributed by atoms with Gasteiger partial charge in [0.05, 0.1) is 17.8 Å². The molecule has 0 saturated heterocycles. The number of amides is 1. The van der Waals surface area contributed by atoms with Crippen LogP contribution in [0.1, 0.15) is 26.3 Å². The maximum absolute atomic E-state index is 12.5. The van der Waals surface area contributed by atoms with Gasteiger partial charge in [0.15, 0.2) is 5.78 Å². The molecule has 22 heavy (non-hydrogen) atoms. The van der Waals surface area contributed by atoms with Gasteiger partial charge in [0, 0.05) is 11.1 Å². The van der Waals surface area contributed by atoms with Crippen molar-refractivity contribution in [2.75, 3.05) is 11.9 Å². The predicted octanol–water partition coefficient (Wildman–Crippen LogP) is 1.51. The number of ketones is 1. The van der Waals surface area contributed by atoms with Crippen LogP contribution >= 0.6 is 0 Å². The highest BCUT2D eigenvalue weighted by molar-refractivity contribution is 6.14. The number of hydrogen-bond acceptors (Lipinski definition) is 4. The van der Waals surface area contributed by atoms with Crippen molar-refractivity contribution in [2.45, 2.75) is 0 Å². The van der Waals surface area contributed by atoms with Gasteiger partial charge >= 0.3 is 5.97 Å². The maximum Gasteiger partial charge on any atom is 0.335 e. The van der Waals surface area contributed by atoms with Crippen LogP contribution in [0, 0.1) is 0 Å². The molecule has 1 amide bonds. The Balaban J connectivity index is 2.49. The van der Waals surface area contributed by atoms with E-state index in [1.165, 1.54) is 18.2 Å². The van der Waals surface area contributed by atoms with Crippen molar-refractivity contribution < 1.29 is 19.5 Å². The third-order valence-electron chi connectivity index (χ3n) is 3.01. The predicted molar refractivity (Wildman–Crippen MR) is 81.0 cm³/mol. The summed E-state index contributed by atoms with van der Waals surface area (Å²) >= 11 is 0. The highest BCUT2D eigenvalue weighted by Crippen LogP contribution is 2.21. The van der Waals surface area contributed by atoms with Gasteiger partial charge in [-0.2, -0.15) is 0 Å². The second-order valence-corrected chi connectivity index (χ2v) is 4.51. The minimum absolute atomic E-state index is 0.0370. The Morgan fingerprint density at radius 3 is 2.27 bits per heavy atom. The van der Waals surface area contributed by atoms with E-state index in [0.717, 1.165) is 0 Å². The lowest BCUT2D eigenvalue weighted by atomic mass is 9.99. The molecule has 0 radical (unpaired) electrons. The lowest BCUT2D eigenvalue weighted by Crippen LogP contribution is -2.23. The molecule has 2 rings (SSSR count). The summed E-state index contributed by atoms with van der Waals surface area (Å²) in [6.07, 6.45) is 0. The number of rotatable bonds is 5. The average Bonchev–Trinajstić information content (AvgIpc) is 2.55. The van der Waals surface area contributed by atoms with E-state index in [0.29, 0.717) is 5.56 Å². The molecule has 0 aromatic heterocycles. The molecule has 0 spiro atoms. The van der Waals surface area contributed by atoms with Crippen molar-refractivity contribution >= 4 is 23.3 Å². The molecule has 0 bridgehead atoms. The molecular formula is C16H14N2O4. The Morgan fingerprint density at radius 2 is 1.68 bits per heavy atom. The molecule has 0 aliphatic rings. The van der Waals surface area contributed by atoms with Crippen molar-refractivity contribution in [3.8, 4) is 0 Å². The van der Waals surface area contributed by atoms with E-state index in [2.05, 4.69) is 5.32 Å². The molecule has 0 aliphatic heterocycles. The van der Waals surface area contributed by atoms with Gasteiger partial charge in [0.1, 0.15) is 0 Å². The van der Waals surface area contributed by atoms with Crippen LogP contribution in [0.25, 0.3) is 0 Å². The normalized spacial score (nSPS) is 10.0. The van der Waals surface area contributed by atoms with Crippen LogP contribution in [0.4, 0.5) is 5.69 Å². The second kappa shape index (κ2) is 6.64. The first kappa shape index (κ1) is 15.4. The Labute approximate surface area is 126 Å². The standard InChI is InChI=1S/C16H14N2O4/c17-9-14(19)18-13-7-6-11(16(21)22)8-12(13)15(20)10-4-2-1-3-5-10/h1-8H,9,17H2,(H,18,19)(H,21,22). The monoisotopic (exact) mass is 298 g/mol. The molecular weight excluding hydrogens is 284 g/mol. The SMILES string of the molecule is NCC(=O)Nc1ccc(C(=O)O)cc1C(=O)c1ccccc1. The first-order valence-corrected chi connectivity index (χ1v) is 6.50. The molecule has 0 saturated carbocycles. The lowest BCUT2D eigenvalue weighted by molar-refractivity contribution is -0.114. The number of nitrogens with two attached hydrogens (primary N) is 1. The van der Waals surface area contributed by atoms with E-state index < -0.39 is 11.9 Å². The van der Waals surface area contributed by atoms with Crippen LogP contribution in [0.15, 0.2) is 48.5 Å². The second-order valence-electron chi connectivity index (χ2n) is 4.51. The summed E-state index contributed by atoms with van der Waals surface area (Å²) in [5.41, 5.74) is 5.94. The van der Waals surface area contributed by atoms with Crippen LogP contribution in [0.2, 0.25) is 0 Å². The summed E-state index contributed by atoms with van der Waals surface area (Å²) in [6, 6.07) is 12.3. The zero-order valence-corrected chi connectivity index (χ0v) is 11.6. The first-order valence-electron chi connectivity index (χ1n) is 6.50. The summed E-state index contributed by atoms with van der Waals surface area (Å²) in [6.45, 7) is -0.236. The fourth-order valence-corrected chi connectivity index (χ4v) is 1.92. The topological polar surface area (TPSA) is 109 Å². The van der Waals surface area contributed by atoms with E-state index in [1.54, 1.807) is 30.3 Å². The van der Waals surface area contributed by atoms with Crippen LogP contribution in [-0.4, -0.2) is 29.3 Å². The summed E-state index contributed by atoms with van der Waals surface area (Å²) in [4.78, 5) is 35.1. The van der Waals surface area contributed by atoms with Gasteiger partial charge in [-0.15, -0.1) is 0 Å². The number of benzene rings is 2. The number of carboxylic acids is 1. The van der Waals surface area contributed by atoms with Crippen molar-refractivity contribution in [2.24, 2.45) is 5.73 Å². The molecule has 0 fully saturated rings. The Hall–Kier alpha value is -2.99. The number of nitrogens with one attached hydrogen (secondary N) is 1. The highest BCUT2D eigenvalue weighted by atomic mass is 16.4. The van der Waals surface area contributed by atoms with Gasteiger partial charge < -0.3 is 16.2 Å². The first-order chi connectivity index (χ1) is 10.5. The highest BCUT2D eigenvalue weighted by Gasteiger charge is 2.17. The smallest absolute Gasteiger partial charge is 0.335 e. The maximum atomic E-state index is 12.5. The van der Waals surface area contributed by atoms with E-state index in [1.807, 2.05) is 0 Å². The van der Waals surface area contributed by atoms with Crippen LogP contribution < -0.4 is 11.1 Å². The Morgan fingerprint density at radius 1 is 1.00 bits per heavy atom. The van der Waals surface area contributed by atoms with Gasteiger partial charge in [0.2, 0.25) is 5.91 Å². The van der Waals surface area contributed by atoms with Crippen molar-refractivity contribution in [3.05, 3.63) is 65.2 Å². The largest absolute Gasteiger partial charge is 0.478 e. The molecule has 0 unspecified atom stereocenters. The summed E-state index contributed by atoms with van der Waals surface area (Å²) < 4.78 is 0. The van der Waals surface area contributed by atoms with Crippen LogP contribution in [0.5, 0.6) is 0 Å². The third kappa shape index (κ3) is 3.36. The molecule has 6 heteroatoms. The number of carboxylic acid groups (broad SMARTS) is 1.